The first kappa shape index (κ1) is 98.9. The third kappa shape index (κ3) is 151. The lowest BCUT2D eigenvalue weighted by molar-refractivity contribution is 0.282. The van der Waals surface area contributed by atoms with E-state index in [1.807, 2.05) is 0 Å². The van der Waals surface area contributed by atoms with Gasteiger partial charge in [-0.15, -0.1) is 0 Å². The molecule has 0 amide bonds. The molecule has 0 rings (SSSR count). The second-order valence-corrected chi connectivity index (χ2v) is 23.8. The van der Waals surface area contributed by atoms with Gasteiger partial charge in [0, 0.05) is 52.9 Å². The number of aliphatic hydroxyl groups excluding tert-OH is 8. The molecule has 8 nitrogen and oxygen atoms in total. The van der Waals surface area contributed by atoms with Crippen LogP contribution in [0.15, 0.2) is 0 Å². The zero-order valence-corrected chi connectivity index (χ0v) is 59.0. The summed E-state index contributed by atoms with van der Waals surface area (Å²) < 4.78 is 0. The highest BCUT2D eigenvalue weighted by atomic mass is 16.3. The second kappa shape index (κ2) is 120. The SMILES string of the molecule is CCCCCCCCCCCCCCCCO.CCCCCCCCCCCCCCO.CCCCCCCCCCCCO.CCCCCCCCCCO.CCCCCCCCO.CCCCCCO.CCCCCO.CCCCO. The summed E-state index contributed by atoms with van der Waals surface area (Å²) in [6.07, 6.45) is 76.7. The molecule has 0 aliphatic carbocycles. The van der Waals surface area contributed by atoms with Gasteiger partial charge in [0.1, 0.15) is 0 Å². The van der Waals surface area contributed by atoms with Crippen LogP contribution in [0, 0.1) is 0 Å². The molecule has 514 valence electrons. The lowest BCUT2D eigenvalue weighted by Crippen LogP contribution is -1.84. The maximum absolute atomic E-state index is 8.64. The van der Waals surface area contributed by atoms with Crippen LogP contribution in [-0.2, 0) is 0 Å². The summed E-state index contributed by atoms with van der Waals surface area (Å²) in [6.45, 7) is 20.5. The summed E-state index contributed by atoms with van der Waals surface area (Å²) >= 11 is 0. The number of aliphatic hydroxyl groups is 8. The summed E-state index contributed by atoms with van der Waals surface area (Å²) in [7, 11) is 0. The molecule has 0 fully saturated rings. The Hall–Kier alpha value is -0.320. The Morgan fingerprint density at radius 2 is 0.169 bits per heavy atom. The summed E-state index contributed by atoms with van der Waals surface area (Å²) in [6, 6.07) is 0. The van der Waals surface area contributed by atoms with Gasteiger partial charge in [-0.1, -0.05) is 383 Å². The molecule has 0 aromatic carbocycles. The van der Waals surface area contributed by atoms with Crippen LogP contribution in [0.4, 0.5) is 0 Å². The molecule has 0 unspecified atom stereocenters. The molecule has 8 heteroatoms. The fourth-order valence-electron chi connectivity index (χ4n) is 9.05. The molecule has 0 aliphatic rings. The molecular weight excluding hydrogens is 1030 g/mol. The Bertz CT molecular complexity index is 791. The van der Waals surface area contributed by atoms with E-state index in [9.17, 15) is 0 Å². The lowest BCUT2D eigenvalue weighted by atomic mass is 10.0. The molecule has 0 aromatic heterocycles. The van der Waals surface area contributed by atoms with Crippen LogP contribution in [0.5, 0.6) is 0 Å². The Kier molecular flexibility index (Phi) is 142. The van der Waals surface area contributed by atoms with Gasteiger partial charge < -0.3 is 40.9 Å². The van der Waals surface area contributed by atoms with Gasteiger partial charge in [0.25, 0.3) is 0 Å². The Labute approximate surface area is 525 Å². The fraction of sp³-hybridized carbons (Fsp3) is 1.00. The normalized spacial score (nSPS) is 10.3. The molecule has 0 bridgehead atoms. The number of rotatable bonds is 59. The molecule has 83 heavy (non-hydrogen) atoms. The monoisotopic (exact) mass is 1200 g/mol. The Balaban J connectivity index is -0.000000133. The van der Waals surface area contributed by atoms with Crippen molar-refractivity contribution in [3.63, 3.8) is 0 Å². The third-order valence-electron chi connectivity index (χ3n) is 14.8. The van der Waals surface area contributed by atoms with E-state index < -0.39 is 0 Å². The first-order valence-electron chi connectivity index (χ1n) is 37.7. The number of unbranched alkanes of at least 4 members (excludes halogenated alkanes) is 51. The maximum atomic E-state index is 8.64. The van der Waals surface area contributed by atoms with E-state index in [0.717, 1.165) is 64.2 Å². The smallest absolute Gasteiger partial charge is 0.0431 e. The minimum absolute atomic E-state index is 0.344. The standard InChI is InChI=1S/C16H34O.C14H30O.C12H26O.C10H22O.C8H18O.C6H14O.C5H12O.C4H10O/c1-2-3-4-5-6-7-8-9-10-11-12-13-14-15-16-17;1-2-3-4-5-6-7-8-9-10-11-12-13-14-15;1-2-3-4-5-6-7-8-9-10-11-12-13;1-2-3-4-5-6-7-8-9-10-11;1-2-3-4-5-6-7-8-9;1-2-3-4-5-6-7;1-2-3-4-5-6;1-2-3-4-5/h17H,2-16H2,1H3;15H,2-14H2,1H3;13H,2-12H2,1H3;11H,2-10H2,1H3;9H,2-8H2,1H3;7H,2-6H2,1H3;6H,2-5H2,1H3;5H,2-4H2,1H3. The second-order valence-electron chi connectivity index (χ2n) is 23.8. The van der Waals surface area contributed by atoms with Crippen molar-refractivity contribution in [1.29, 1.82) is 0 Å². The van der Waals surface area contributed by atoms with Crippen LogP contribution >= 0.6 is 0 Å². The molecule has 0 aliphatic heterocycles. The van der Waals surface area contributed by atoms with Crippen LogP contribution in [0.1, 0.15) is 434 Å². The summed E-state index contributed by atoms with van der Waals surface area (Å²) in [4.78, 5) is 0. The predicted octanol–water partition coefficient (Wildman–Crippen LogP) is 23.0. The molecule has 0 spiro atoms. The van der Waals surface area contributed by atoms with Crippen molar-refractivity contribution in [2.45, 2.75) is 434 Å². The Morgan fingerprint density at radius 1 is 0.0964 bits per heavy atom. The minimum Gasteiger partial charge on any atom is -0.396 e. The molecule has 0 aromatic rings. The summed E-state index contributed by atoms with van der Waals surface area (Å²) in [5.74, 6) is 0. The van der Waals surface area contributed by atoms with Gasteiger partial charge in [0.05, 0.1) is 0 Å². The van der Waals surface area contributed by atoms with Crippen molar-refractivity contribution in [3.8, 4) is 0 Å². The highest BCUT2D eigenvalue weighted by Gasteiger charge is 1.96. The summed E-state index contributed by atoms with van der Waals surface area (Å²) in [5, 5.41) is 67.3. The topological polar surface area (TPSA) is 162 Å². The third-order valence-corrected chi connectivity index (χ3v) is 14.8. The predicted molar refractivity (Wildman–Crippen MR) is 374 cm³/mol. The van der Waals surface area contributed by atoms with Crippen LogP contribution in [-0.4, -0.2) is 93.7 Å². The Morgan fingerprint density at radius 3 is 0.253 bits per heavy atom. The van der Waals surface area contributed by atoms with E-state index in [-0.39, 0.29) is 0 Å². The van der Waals surface area contributed by atoms with Crippen LogP contribution in [0.2, 0.25) is 0 Å². The number of hydrogen-bond acceptors (Lipinski definition) is 8. The lowest BCUT2D eigenvalue weighted by Gasteiger charge is -2.02. The van der Waals surface area contributed by atoms with E-state index in [4.69, 9.17) is 40.9 Å². The van der Waals surface area contributed by atoms with E-state index in [2.05, 4.69) is 55.4 Å². The molecule has 0 atom stereocenters. The van der Waals surface area contributed by atoms with Crippen molar-refractivity contribution in [3.05, 3.63) is 0 Å². The summed E-state index contributed by atoms with van der Waals surface area (Å²) in [5.41, 5.74) is 0. The van der Waals surface area contributed by atoms with E-state index in [1.165, 1.54) is 315 Å². The van der Waals surface area contributed by atoms with Gasteiger partial charge in [-0.25, -0.2) is 0 Å². The molecular formula is C75H166O8. The van der Waals surface area contributed by atoms with Crippen LogP contribution < -0.4 is 0 Å². The van der Waals surface area contributed by atoms with Gasteiger partial charge in [0.15, 0.2) is 0 Å². The maximum Gasteiger partial charge on any atom is 0.0431 e. The highest BCUT2D eigenvalue weighted by molar-refractivity contribution is 4.52. The fourth-order valence-corrected chi connectivity index (χ4v) is 9.05. The van der Waals surface area contributed by atoms with Crippen molar-refractivity contribution in [2.24, 2.45) is 0 Å². The zero-order valence-electron chi connectivity index (χ0n) is 59.0. The molecule has 8 N–H and O–H groups in total. The largest absolute Gasteiger partial charge is 0.396 e. The van der Waals surface area contributed by atoms with Gasteiger partial charge in [-0.05, 0) is 51.4 Å². The van der Waals surface area contributed by atoms with Crippen molar-refractivity contribution < 1.29 is 40.9 Å². The molecule has 0 heterocycles. The number of hydrogen-bond donors (Lipinski definition) is 8. The molecule has 0 saturated carbocycles. The van der Waals surface area contributed by atoms with Crippen LogP contribution in [0.25, 0.3) is 0 Å². The molecule has 0 radical (unpaired) electrons. The highest BCUT2D eigenvalue weighted by Crippen LogP contribution is 2.15. The van der Waals surface area contributed by atoms with E-state index in [0.29, 0.717) is 52.9 Å². The zero-order chi connectivity index (χ0) is 63.4. The quantitative estimate of drug-likeness (QED) is 0.0279. The van der Waals surface area contributed by atoms with Crippen LogP contribution in [0.3, 0.4) is 0 Å². The van der Waals surface area contributed by atoms with Crippen molar-refractivity contribution >= 4 is 0 Å². The molecule has 0 saturated heterocycles. The van der Waals surface area contributed by atoms with Gasteiger partial charge >= 0.3 is 0 Å². The van der Waals surface area contributed by atoms with Crippen molar-refractivity contribution in [2.75, 3.05) is 52.9 Å². The first-order valence-corrected chi connectivity index (χ1v) is 37.7. The van der Waals surface area contributed by atoms with Gasteiger partial charge in [0.2, 0.25) is 0 Å². The van der Waals surface area contributed by atoms with Crippen molar-refractivity contribution in [1.82, 2.24) is 0 Å². The van der Waals surface area contributed by atoms with E-state index >= 15 is 0 Å². The average Bonchev–Trinajstić information content (AvgIpc) is 3.50. The first-order chi connectivity index (χ1) is 40.8. The average molecular weight is 1200 g/mol. The minimum atomic E-state index is 0.344. The van der Waals surface area contributed by atoms with Gasteiger partial charge in [-0.3, -0.25) is 0 Å². The van der Waals surface area contributed by atoms with E-state index in [1.54, 1.807) is 0 Å². The van der Waals surface area contributed by atoms with Gasteiger partial charge in [-0.2, -0.15) is 0 Å².